The van der Waals surface area contributed by atoms with Gasteiger partial charge in [-0.2, -0.15) is 0 Å². The van der Waals surface area contributed by atoms with Gasteiger partial charge in [-0.25, -0.2) is 9.79 Å². The molecule has 0 amide bonds. The highest BCUT2D eigenvalue weighted by Crippen LogP contribution is 2.28. The minimum atomic E-state index is -1.11. The summed E-state index contributed by atoms with van der Waals surface area (Å²) in [5, 5.41) is 8.64. The predicted molar refractivity (Wildman–Crippen MR) is 46.3 cm³/mol. The van der Waals surface area contributed by atoms with Gasteiger partial charge >= 0.3 is 11.9 Å². The number of hydrogen-bond acceptors (Lipinski definition) is 3. The molecule has 1 N–H and O–H groups in total. The van der Waals surface area contributed by atoms with E-state index < -0.39 is 5.97 Å². The number of carboxylic acid groups (broad SMARTS) is 1. The molecule has 0 spiro atoms. The van der Waals surface area contributed by atoms with Crippen LogP contribution in [0.1, 0.15) is 6.92 Å². The monoisotopic (exact) mass is 179 g/mol. The third-order valence-corrected chi connectivity index (χ3v) is 2.10. The van der Waals surface area contributed by atoms with Gasteiger partial charge in [0.2, 0.25) is 0 Å². The van der Waals surface area contributed by atoms with Crippen molar-refractivity contribution in [1.29, 1.82) is 0 Å². The third-order valence-electron chi connectivity index (χ3n) is 2.10. The quantitative estimate of drug-likeness (QED) is 0.652. The molecule has 0 aromatic rings. The van der Waals surface area contributed by atoms with E-state index in [2.05, 4.69) is 4.99 Å². The molecular formula is C9H9NO3. The van der Waals surface area contributed by atoms with Crippen molar-refractivity contribution >= 4 is 11.9 Å². The topological polar surface area (TPSA) is 58.9 Å². The summed E-state index contributed by atoms with van der Waals surface area (Å²) in [6.45, 7) is 1.97. The first kappa shape index (κ1) is 8.04. The number of rotatable bonds is 1. The first-order chi connectivity index (χ1) is 6.18. The summed E-state index contributed by atoms with van der Waals surface area (Å²) < 4.78 is 5.17. The minimum absolute atomic E-state index is 0.181. The maximum absolute atomic E-state index is 10.5. The van der Waals surface area contributed by atoms with Crippen molar-refractivity contribution in [2.24, 2.45) is 10.9 Å². The van der Waals surface area contributed by atoms with Gasteiger partial charge in [0.1, 0.15) is 6.10 Å². The summed E-state index contributed by atoms with van der Waals surface area (Å²) in [6.07, 6.45) is 5.40. The van der Waals surface area contributed by atoms with E-state index in [1.807, 2.05) is 19.1 Å². The molecule has 0 aromatic carbocycles. The van der Waals surface area contributed by atoms with Crippen LogP contribution in [-0.4, -0.2) is 23.1 Å². The fraction of sp³-hybridized carbons (Fsp3) is 0.333. The highest BCUT2D eigenvalue weighted by atomic mass is 16.5. The van der Waals surface area contributed by atoms with E-state index in [0.717, 1.165) is 0 Å². The number of ether oxygens (including phenoxy) is 1. The van der Waals surface area contributed by atoms with Gasteiger partial charge < -0.3 is 9.84 Å². The molecule has 2 rings (SSSR count). The van der Waals surface area contributed by atoms with Crippen molar-refractivity contribution < 1.29 is 14.6 Å². The van der Waals surface area contributed by atoms with Gasteiger partial charge in [-0.05, 0) is 6.08 Å². The summed E-state index contributed by atoms with van der Waals surface area (Å²) in [6, 6.07) is 0. The molecule has 2 unspecified atom stereocenters. The SMILES string of the molecule is CC1C=CC=C2N=C(C(=O)O)OC21. The van der Waals surface area contributed by atoms with Crippen LogP contribution in [-0.2, 0) is 9.53 Å². The zero-order valence-electron chi connectivity index (χ0n) is 7.10. The Morgan fingerprint density at radius 3 is 3.08 bits per heavy atom. The Kier molecular flexibility index (Phi) is 1.69. The molecule has 0 fully saturated rings. The van der Waals surface area contributed by atoms with E-state index in [-0.39, 0.29) is 17.9 Å². The number of aliphatic imine (C=N–C) groups is 1. The Labute approximate surface area is 75.2 Å². The maximum atomic E-state index is 10.5. The minimum Gasteiger partial charge on any atom is -0.474 e. The molecule has 2 atom stereocenters. The molecular weight excluding hydrogens is 170 g/mol. The number of carbonyl (C=O) groups is 1. The van der Waals surface area contributed by atoms with Crippen molar-refractivity contribution in [2.75, 3.05) is 0 Å². The molecule has 0 aromatic heterocycles. The molecule has 1 aliphatic heterocycles. The molecule has 4 nitrogen and oxygen atoms in total. The lowest BCUT2D eigenvalue weighted by Gasteiger charge is -2.18. The Morgan fingerprint density at radius 2 is 2.46 bits per heavy atom. The first-order valence-corrected chi connectivity index (χ1v) is 4.05. The van der Waals surface area contributed by atoms with E-state index in [9.17, 15) is 4.79 Å². The van der Waals surface area contributed by atoms with Crippen molar-refractivity contribution in [3.8, 4) is 0 Å². The van der Waals surface area contributed by atoms with Crippen molar-refractivity contribution in [2.45, 2.75) is 13.0 Å². The zero-order chi connectivity index (χ0) is 9.42. The average molecular weight is 179 g/mol. The van der Waals surface area contributed by atoms with Crippen LogP contribution < -0.4 is 0 Å². The van der Waals surface area contributed by atoms with E-state index >= 15 is 0 Å². The molecule has 4 heteroatoms. The zero-order valence-corrected chi connectivity index (χ0v) is 7.10. The van der Waals surface area contributed by atoms with E-state index in [1.54, 1.807) is 6.08 Å². The second kappa shape index (κ2) is 2.73. The van der Waals surface area contributed by atoms with Gasteiger partial charge in [0, 0.05) is 5.92 Å². The fourth-order valence-electron chi connectivity index (χ4n) is 1.43. The van der Waals surface area contributed by atoms with Crippen molar-refractivity contribution in [3.05, 3.63) is 23.9 Å². The first-order valence-electron chi connectivity index (χ1n) is 4.05. The number of nitrogens with zero attached hydrogens (tertiary/aromatic N) is 1. The van der Waals surface area contributed by atoms with E-state index in [4.69, 9.17) is 9.84 Å². The summed E-state index contributed by atoms with van der Waals surface area (Å²) in [5.74, 6) is -1.13. The maximum Gasteiger partial charge on any atom is 0.391 e. The average Bonchev–Trinajstić information content (AvgIpc) is 2.49. The lowest BCUT2D eigenvalue weighted by atomic mass is 9.97. The van der Waals surface area contributed by atoms with Crippen LogP contribution in [0.2, 0.25) is 0 Å². The summed E-state index contributed by atoms with van der Waals surface area (Å²) >= 11 is 0. The summed E-state index contributed by atoms with van der Waals surface area (Å²) in [7, 11) is 0. The van der Waals surface area contributed by atoms with Gasteiger partial charge in [0.05, 0.1) is 5.70 Å². The second-order valence-electron chi connectivity index (χ2n) is 3.10. The van der Waals surface area contributed by atoms with E-state index in [0.29, 0.717) is 5.70 Å². The number of allylic oxidation sites excluding steroid dienone is 2. The molecule has 0 radical (unpaired) electrons. The number of hydrogen-bond donors (Lipinski definition) is 1. The highest BCUT2D eigenvalue weighted by Gasteiger charge is 2.33. The van der Waals surface area contributed by atoms with Crippen LogP contribution in [0, 0.1) is 5.92 Å². The molecule has 1 heterocycles. The number of carboxylic acids is 1. The van der Waals surface area contributed by atoms with Crippen LogP contribution in [0.15, 0.2) is 28.9 Å². The second-order valence-corrected chi connectivity index (χ2v) is 3.10. The molecule has 13 heavy (non-hydrogen) atoms. The van der Waals surface area contributed by atoms with Gasteiger partial charge in [0.25, 0.3) is 0 Å². The number of aliphatic carboxylic acids is 1. The lowest BCUT2D eigenvalue weighted by Crippen LogP contribution is -2.23. The normalized spacial score (nSPS) is 30.2. The Hall–Kier alpha value is -1.58. The van der Waals surface area contributed by atoms with Crippen molar-refractivity contribution in [1.82, 2.24) is 0 Å². The van der Waals surface area contributed by atoms with Gasteiger partial charge in [-0.1, -0.05) is 19.1 Å². The molecule has 2 aliphatic rings. The molecule has 68 valence electrons. The smallest absolute Gasteiger partial charge is 0.391 e. The third kappa shape index (κ3) is 1.24. The molecule has 1 aliphatic carbocycles. The Bertz CT molecular complexity index is 341. The van der Waals surface area contributed by atoms with E-state index in [1.165, 1.54) is 0 Å². The highest BCUT2D eigenvalue weighted by molar-refractivity contribution is 6.32. The fourth-order valence-corrected chi connectivity index (χ4v) is 1.43. The lowest BCUT2D eigenvalue weighted by molar-refractivity contribution is -0.131. The summed E-state index contributed by atoms with van der Waals surface area (Å²) in [4.78, 5) is 14.4. The molecule has 0 saturated heterocycles. The predicted octanol–water partition coefficient (Wildman–Crippen LogP) is 0.958. The largest absolute Gasteiger partial charge is 0.474 e. The van der Waals surface area contributed by atoms with Gasteiger partial charge in [-0.15, -0.1) is 0 Å². The van der Waals surface area contributed by atoms with Gasteiger partial charge in [-0.3, -0.25) is 0 Å². The van der Waals surface area contributed by atoms with Crippen LogP contribution in [0.5, 0.6) is 0 Å². The Balaban J connectivity index is 2.28. The van der Waals surface area contributed by atoms with Crippen LogP contribution >= 0.6 is 0 Å². The van der Waals surface area contributed by atoms with Crippen LogP contribution in [0.25, 0.3) is 0 Å². The van der Waals surface area contributed by atoms with Crippen molar-refractivity contribution in [3.63, 3.8) is 0 Å². The van der Waals surface area contributed by atoms with Gasteiger partial charge in [0.15, 0.2) is 0 Å². The number of fused-ring (bicyclic) bond motifs is 1. The summed E-state index contributed by atoms with van der Waals surface area (Å²) in [5.41, 5.74) is 0.701. The molecule has 0 saturated carbocycles. The Morgan fingerprint density at radius 1 is 1.69 bits per heavy atom. The van der Waals surface area contributed by atoms with Crippen LogP contribution in [0.4, 0.5) is 0 Å². The van der Waals surface area contributed by atoms with Crippen LogP contribution in [0.3, 0.4) is 0 Å². The molecule has 0 bridgehead atoms. The standard InChI is InChI=1S/C9H9NO3/c1-5-3-2-4-6-7(5)13-8(10-6)9(11)12/h2-5,7H,1H3,(H,11,12).